The predicted molar refractivity (Wildman–Crippen MR) is 83.8 cm³/mol. The van der Waals surface area contributed by atoms with Gasteiger partial charge in [0.1, 0.15) is 5.76 Å². The van der Waals surface area contributed by atoms with Crippen LogP contribution in [0.5, 0.6) is 0 Å². The molecule has 7 nitrogen and oxygen atoms in total. The second-order valence-corrected chi connectivity index (χ2v) is 5.99. The minimum absolute atomic E-state index is 0.0405. The van der Waals surface area contributed by atoms with Crippen LogP contribution in [0.1, 0.15) is 19.1 Å². The first-order valence-electron chi connectivity index (χ1n) is 7.74. The molecular formula is C15H26N4O3. The Morgan fingerprint density at radius 3 is 2.95 bits per heavy atom. The molecule has 1 N–H and O–H groups in total. The van der Waals surface area contributed by atoms with Gasteiger partial charge in [0.15, 0.2) is 5.82 Å². The minimum atomic E-state index is -0.175. The first-order valence-corrected chi connectivity index (χ1v) is 7.74. The van der Waals surface area contributed by atoms with E-state index in [1.807, 2.05) is 21.0 Å². The molecule has 1 amide bonds. The van der Waals surface area contributed by atoms with E-state index in [-0.39, 0.29) is 18.1 Å². The summed E-state index contributed by atoms with van der Waals surface area (Å²) in [6.45, 7) is 6.88. The van der Waals surface area contributed by atoms with Gasteiger partial charge in [0, 0.05) is 25.7 Å². The lowest BCUT2D eigenvalue weighted by molar-refractivity contribution is -0.125. The van der Waals surface area contributed by atoms with Crippen LogP contribution in [0.4, 0.5) is 5.82 Å². The number of morpholine rings is 1. The number of amides is 1. The zero-order valence-electron chi connectivity index (χ0n) is 13.8. The summed E-state index contributed by atoms with van der Waals surface area (Å²) < 4.78 is 10.8. The topological polar surface area (TPSA) is 70.8 Å². The lowest BCUT2D eigenvalue weighted by Gasteiger charge is -2.37. The predicted octanol–water partition coefficient (Wildman–Crippen LogP) is 0.963. The van der Waals surface area contributed by atoms with Crippen molar-refractivity contribution in [2.75, 3.05) is 45.7 Å². The Kier molecular flexibility index (Phi) is 5.93. The van der Waals surface area contributed by atoms with E-state index < -0.39 is 0 Å². The first-order chi connectivity index (χ1) is 10.5. The maximum Gasteiger partial charge on any atom is 0.242 e. The highest BCUT2D eigenvalue weighted by molar-refractivity contribution is 5.94. The van der Waals surface area contributed by atoms with Gasteiger partial charge in [-0.05, 0) is 27.4 Å². The standard InChI is InChI=1S/C15H26N4O3/c1-5-13(15(20)16-14-8-11(2)22-17-14)19-6-7-21-12(10-19)9-18(3)4/h8,12-13H,5-7,9-10H2,1-4H3,(H,16,17,20). The highest BCUT2D eigenvalue weighted by Gasteiger charge is 2.30. The number of ether oxygens (including phenoxy) is 1. The lowest BCUT2D eigenvalue weighted by atomic mass is 10.1. The molecule has 2 rings (SSSR count). The third-order valence-electron chi connectivity index (χ3n) is 3.75. The molecule has 1 aliphatic rings. The number of hydrogen-bond donors (Lipinski definition) is 1. The van der Waals surface area contributed by atoms with Crippen molar-refractivity contribution in [3.63, 3.8) is 0 Å². The van der Waals surface area contributed by atoms with Crippen molar-refractivity contribution in [1.82, 2.24) is 15.0 Å². The highest BCUT2D eigenvalue weighted by atomic mass is 16.5. The summed E-state index contributed by atoms with van der Waals surface area (Å²) >= 11 is 0. The molecule has 7 heteroatoms. The first kappa shape index (κ1) is 16.9. The summed E-state index contributed by atoms with van der Waals surface area (Å²) in [5.74, 6) is 1.11. The lowest BCUT2D eigenvalue weighted by Crippen LogP contribution is -2.53. The maximum absolute atomic E-state index is 12.5. The van der Waals surface area contributed by atoms with Crippen LogP contribution in [-0.2, 0) is 9.53 Å². The van der Waals surface area contributed by atoms with Crippen LogP contribution in [0, 0.1) is 6.92 Å². The Balaban J connectivity index is 1.95. The van der Waals surface area contributed by atoms with Crippen LogP contribution in [-0.4, -0.2) is 73.3 Å². The molecule has 1 saturated heterocycles. The molecule has 22 heavy (non-hydrogen) atoms. The minimum Gasteiger partial charge on any atom is -0.374 e. The number of carbonyl (C=O) groups is 1. The fourth-order valence-electron chi connectivity index (χ4n) is 2.79. The fraction of sp³-hybridized carbons (Fsp3) is 0.733. The SMILES string of the molecule is CCC(C(=O)Nc1cc(C)on1)N1CCOC(CN(C)C)C1. The van der Waals surface area contributed by atoms with Crippen LogP contribution in [0.2, 0.25) is 0 Å². The number of aryl methyl sites for hydroxylation is 1. The molecule has 0 aliphatic carbocycles. The largest absolute Gasteiger partial charge is 0.374 e. The molecule has 2 heterocycles. The van der Waals surface area contributed by atoms with Crippen molar-refractivity contribution in [2.45, 2.75) is 32.4 Å². The molecule has 1 aliphatic heterocycles. The van der Waals surface area contributed by atoms with Crippen LogP contribution < -0.4 is 5.32 Å². The van der Waals surface area contributed by atoms with Gasteiger partial charge < -0.3 is 19.5 Å². The van der Waals surface area contributed by atoms with E-state index in [1.54, 1.807) is 13.0 Å². The number of nitrogens with zero attached hydrogens (tertiary/aromatic N) is 3. The van der Waals surface area contributed by atoms with Gasteiger partial charge >= 0.3 is 0 Å². The van der Waals surface area contributed by atoms with Crippen molar-refractivity contribution in [2.24, 2.45) is 0 Å². The van der Waals surface area contributed by atoms with E-state index >= 15 is 0 Å². The van der Waals surface area contributed by atoms with Gasteiger partial charge in [-0.15, -0.1) is 0 Å². The molecule has 2 atom stereocenters. The number of rotatable bonds is 6. The van der Waals surface area contributed by atoms with Crippen LogP contribution >= 0.6 is 0 Å². The van der Waals surface area contributed by atoms with Gasteiger partial charge in [-0.3, -0.25) is 9.69 Å². The Hall–Kier alpha value is -1.44. The Morgan fingerprint density at radius 1 is 1.59 bits per heavy atom. The third-order valence-corrected chi connectivity index (χ3v) is 3.75. The summed E-state index contributed by atoms with van der Waals surface area (Å²) in [5.41, 5.74) is 0. The molecule has 0 radical (unpaired) electrons. The summed E-state index contributed by atoms with van der Waals surface area (Å²) in [5, 5.41) is 6.65. The fourth-order valence-corrected chi connectivity index (χ4v) is 2.79. The van der Waals surface area contributed by atoms with Gasteiger partial charge in [0.2, 0.25) is 5.91 Å². The molecule has 1 fully saturated rings. The summed E-state index contributed by atoms with van der Waals surface area (Å²) in [6, 6.07) is 1.55. The van der Waals surface area contributed by atoms with Crippen molar-refractivity contribution >= 4 is 11.7 Å². The summed E-state index contributed by atoms with van der Waals surface area (Å²) in [6.07, 6.45) is 0.886. The Labute approximate surface area is 131 Å². The normalized spacial score (nSPS) is 21.0. The van der Waals surface area contributed by atoms with Crippen molar-refractivity contribution in [3.05, 3.63) is 11.8 Å². The van der Waals surface area contributed by atoms with E-state index in [0.717, 1.165) is 26.1 Å². The van der Waals surface area contributed by atoms with Gasteiger partial charge in [-0.2, -0.15) is 0 Å². The van der Waals surface area contributed by atoms with E-state index in [4.69, 9.17) is 9.26 Å². The third kappa shape index (κ3) is 4.53. The van der Waals surface area contributed by atoms with Crippen molar-refractivity contribution in [3.8, 4) is 0 Å². The second-order valence-electron chi connectivity index (χ2n) is 5.99. The average Bonchev–Trinajstić information content (AvgIpc) is 2.84. The van der Waals surface area contributed by atoms with E-state index in [1.165, 1.54) is 0 Å². The average molecular weight is 310 g/mol. The molecule has 0 bridgehead atoms. The number of nitrogens with one attached hydrogen (secondary N) is 1. The number of aromatic nitrogens is 1. The molecule has 0 spiro atoms. The van der Waals surface area contributed by atoms with Crippen LogP contribution in [0.25, 0.3) is 0 Å². The summed E-state index contributed by atoms with van der Waals surface area (Å²) in [4.78, 5) is 16.8. The van der Waals surface area contributed by atoms with Crippen LogP contribution in [0.3, 0.4) is 0 Å². The highest BCUT2D eigenvalue weighted by Crippen LogP contribution is 2.15. The Morgan fingerprint density at radius 2 is 2.36 bits per heavy atom. The zero-order valence-corrected chi connectivity index (χ0v) is 13.8. The number of carbonyl (C=O) groups excluding carboxylic acids is 1. The van der Waals surface area contributed by atoms with E-state index in [9.17, 15) is 4.79 Å². The second kappa shape index (κ2) is 7.71. The van der Waals surface area contributed by atoms with Gasteiger partial charge in [-0.1, -0.05) is 12.1 Å². The number of hydrogen-bond acceptors (Lipinski definition) is 6. The van der Waals surface area contributed by atoms with Crippen molar-refractivity contribution < 1.29 is 14.1 Å². The molecule has 0 saturated carbocycles. The van der Waals surface area contributed by atoms with Gasteiger partial charge in [0.25, 0.3) is 0 Å². The molecular weight excluding hydrogens is 284 g/mol. The number of likely N-dealkylation sites (N-methyl/N-ethyl adjacent to an activating group) is 1. The Bertz CT molecular complexity index is 489. The van der Waals surface area contributed by atoms with Gasteiger partial charge in [-0.25, -0.2) is 0 Å². The monoisotopic (exact) mass is 310 g/mol. The molecule has 1 aromatic rings. The zero-order chi connectivity index (χ0) is 16.1. The quantitative estimate of drug-likeness (QED) is 0.844. The molecule has 0 aromatic carbocycles. The van der Waals surface area contributed by atoms with E-state index in [2.05, 4.69) is 20.3 Å². The molecule has 1 aromatic heterocycles. The van der Waals surface area contributed by atoms with Gasteiger partial charge in [0.05, 0.1) is 18.8 Å². The van der Waals surface area contributed by atoms with Crippen molar-refractivity contribution in [1.29, 1.82) is 0 Å². The number of anilines is 1. The smallest absolute Gasteiger partial charge is 0.242 e. The summed E-state index contributed by atoms with van der Waals surface area (Å²) in [7, 11) is 4.05. The van der Waals surface area contributed by atoms with E-state index in [0.29, 0.717) is 18.2 Å². The molecule has 124 valence electrons. The molecule has 2 unspecified atom stereocenters. The van der Waals surface area contributed by atoms with Crippen LogP contribution in [0.15, 0.2) is 10.6 Å². The maximum atomic E-state index is 12.5.